The summed E-state index contributed by atoms with van der Waals surface area (Å²) in [5.74, 6) is 0.436. The van der Waals surface area contributed by atoms with Gasteiger partial charge in [-0.3, -0.25) is 9.59 Å². The third kappa shape index (κ3) is 4.12. The number of anilines is 2. The van der Waals surface area contributed by atoms with Gasteiger partial charge >= 0.3 is 0 Å². The standard InChI is InChI=1S/C18H21N5O2/c1-13-7-14(2)9-15(8-13)21-18(25)16-10-17(20-11-19-16)23-5-3-22(12-24)4-6-23/h7-12H,3-6H2,1-2H3,(H,21,25). The molecule has 0 aliphatic carbocycles. The highest BCUT2D eigenvalue weighted by molar-refractivity contribution is 6.03. The zero-order chi connectivity index (χ0) is 17.8. The molecule has 1 aliphatic heterocycles. The number of rotatable bonds is 4. The van der Waals surface area contributed by atoms with Crippen molar-refractivity contribution in [3.8, 4) is 0 Å². The van der Waals surface area contributed by atoms with E-state index in [9.17, 15) is 9.59 Å². The fourth-order valence-electron chi connectivity index (χ4n) is 2.94. The molecule has 1 aromatic carbocycles. The van der Waals surface area contributed by atoms with E-state index in [0.29, 0.717) is 37.7 Å². The Morgan fingerprint density at radius 1 is 1.04 bits per heavy atom. The highest BCUT2D eigenvalue weighted by atomic mass is 16.2. The van der Waals surface area contributed by atoms with Crippen LogP contribution in [0.5, 0.6) is 0 Å². The number of nitrogens with one attached hydrogen (secondary N) is 1. The van der Waals surface area contributed by atoms with Crippen LogP contribution in [-0.2, 0) is 4.79 Å². The maximum Gasteiger partial charge on any atom is 0.274 e. The van der Waals surface area contributed by atoms with Crippen molar-refractivity contribution in [2.45, 2.75) is 13.8 Å². The van der Waals surface area contributed by atoms with E-state index in [0.717, 1.165) is 23.2 Å². The lowest BCUT2D eigenvalue weighted by Crippen LogP contribution is -2.46. The lowest BCUT2D eigenvalue weighted by molar-refractivity contribution is -0.118. The topological polar surface area (TPSA) is 78.4 Å². The first-order valence-electron chi connectivity index (χ1n) is 8.21. The molecular weight excluding hydrogens is 318 g/mol. The van der Waals surface area contributed by atoms with Gasteiger partial charge in [0.15, 0.2) is 0 Å². The average Bonchev–Trinajstić information content (AvgIpc) is 2.61. The van der Waals surface area contributed by atoms with E-state index >= 15 is 0 Å². The Kier molecular flexibility index (Phi) is 4.92. The number of carbonyl (C=O) groups is 2. The summed E-state index contributed by atoms with van der Waals surface area (Å²) in [4.78, 5) is 35.4. The molecule has 7 nitrogen and oxygen atoms in total. The van der Waals surface area contributed by atoms with E-state index in [4.69, 9.17) is 0 Å². The molecule has 130 valence electrons. The third-order valence-electron chi connectivity index (χ3n) is 4.15. The Bertz CT molecular complexity index is 765. The number of hydrogen-bond acceptors (Lipinski definition) is 5. The fourth-order valence-corrected chi connectivity index (χ4v) is 2.94. The van der Waals surface area contributed by atoms with E-state index in [1.165, 1.54) is 6.33 Å². The van der Waals surface area contributed by atoms with Gasteiger partial charge < -0.3 is 15.1 Å². The molecule has 1 N–H and O–H groups in total. The van der Waals surface area contributed by atoms with Gasteiger partial charge in [-0.15, -0.1) is 0 Å². The minimum atomic E-state index is -0.264. The Hall–Kier alpha value is -2.96. The third-order valence-corrected chi connectivity index (χ3v) is 4.15. The largest absolute Gasteiger partial charge is 0.353 e. The lowest BCUT2D eigenvalue weighted by atomic mass is 10.1. The monoisotopic (exact) mass is 339 g/mol. The van der Waals surface area contributed by atoms with Crippen molar-refractivity contribution < 1.29 is 9.59 Å². The average molecular weight is 339 g/mol. The molecule has 2 aromatic rings. The van der Waals surface area contributed by atoms with Crippen LogP contribution in [0.25, 0.3) is 0 Å². The lowest BCUT2D eigenvalue weighted by Gasteiger charge is -2.33. The van der Waals surface area contributed by atoms with Gasteiger partial charge in [0.2, 0.25) is 6.41 Å². The van der Waals surface area contributed by atoms with Crippen molar-refractivity contribution >= 4 is 23.8 Å². The first kappa shape index (κ1) is 16.9. The van der Waals surface area contributed by atoms with Gasteiger partial charge in [-0.25, -0.2) is 9.97 Å². The van der Waals surface area contributed by atoms with E-state index in [1.807, 2.05) is 26.0 Å². The molecule has 0 atom stereocenters. The van der Waals surface area contributed by atoms with Crippen LogP contribution in [0.2, 0.25) is 0 Å². The molecule has 0 spiro atoms. The molecule has 0 bridgehead atoms. The summed E-state index contributed by atoms with van der Waals surface area (Å²) in [6, 6.07) is 7.59. The molecule has 3 rings (SSSR count). The van der Waals surface area contributed by atoms with Gasteiger partial charge in [0.25, 0.3) is 5.91 Å². The number of amides is 2. The Labute approximate surface area is 146 Å². The second kappa shape index (κ2) is 7.29. The Morgan fingerprint density at radius 3 is 2.36 bits per heavy atom. The minimum Gasteiger partial charge on any atom is -0.353 e. The molecule has 1 fully saturated rings. The van der Waals surface area contributed by atoms with Crippen molar-refractivity contribution in [3.63, 3.8) is 0 Å². The minimum absolute atomic E-state index is 0.264. The number of nitrogens with zero attached hydrogens (tertiary/aromatic N) is 4. The van der Waals surface area contributed by atoms with Crippen LogP contribution in [0.3, 0.4) is 0 Å². The first-order valence-corrected chi connectivity index (χ1v) is 8.21. The number of benzene rings is 1. The van der Waals surface area contributed by atoms with Gasteiger partial charge in [0.1, 0.15) is 17.8 Å². The summed E-state index contributed by atoms with van der Waals surface area (Å²) in [6.07, 6.45) is 2.26. The molecule has 1 saturated heterocycles. The molecule has 1 aromatic heterocycles. The second-order valence-corrected chi connectivity index (χ2v) is 6.22. The fraction of sp³-hybridized carbons (Fsp3) is 0.333. The Balaban J connectivity index is 1.72. The Morgan fingerprint density at radius 2 is 1.72 bits per heavy atom. The normalized spacial score (nSPS) is 14.3. The number of carbonyl (C=O) groups excluding carboxylic acids is 2. The smallest absolute Gasteiger partial charge is 0.274 e. The summed E-state index contributed by atoms with van der Waals surface area (Å²) >= 11 is 0. The van der Waals surface area contributed by atoms with Crippen LogP contribution in [-0.4, -0.2) is 53.4 Å². The highest BCUT2D eigenvalue weighted by Crippen LogP contribution is 2.17. The molecule has 0 radical (unpaired) electrons. The van der Waals surface area contributed by atoms with E-state index < -0.39 is 0 Å². The number of piperazine rings is 1. The summed E-state index contributed by atoms with van der Waals surface area (Å²) in [7, 11) is 0. The van der Waals surface area contributed by atoms with Crippen LogP contribution in [0, 0.1) is 13.8 Å². The van der Waals surface area contributed by atoms with Crippen LogP contribution in [0.15, 0.2) is 30.6 Å². The predicted molar refractivity (Wildman–Crippen MR) is 95.8 cm³/mol. The van der Waals surface area contributed by atoms with Crippen molar-refractivity contribution in [2.24, 2.45) is 0 Å². The van der Waals surface area contributed by atoms with Crippen molar-refractivity contribution in [1.82, 2.24) is 14.9 Å². The zero-order valence-corrected chi connectivity index (χ0v) is 14.4. The molecular formula is C18H21N5O2. The molecule has 0 saturated carbocycles. The van der Waals surface area contributed by atoms with E-state index in [1.54, 1.807) is 11.0 Å². The number of aromatic nitrogens is 2. The van der Waals surface area contributed by atoms with Crippen molar-refractivity contribution in [2.75, 3.05) is 36.4 Å². The van der Waals surface area contributed by atoms with Gasteiger partial charge in [-0.1, -0.05) is 6.07 Å². The molecule has 1 aliphatic rings. The summed E-state index contributed by atoms with van der Waals surface area (Å²) in [6.45, 7) is 6.66. The second-order valence-electron chi connectivity index (χ2n) is 6.22. The van der Waals surface area contributed by atoms with Crippen LogP contribution < -0.4 is 10.2 Å². The maximum atomic E-state index is 12.5. The van der Waals surface area contributed by atoms with Crippen LogP contribution in [0.1, 0.15) is 21.6 Å². The first-order chi connectivity index (χ1) is 12.0. The number of aryl methyl sites for hydroxylation is 2. The number of hydrogen-bond donors (Lipinski definition) is 1. The van der Waals surface area contributed by atoms with Gasteiger partial charge in [0.05, 0.1) is 0 Å². The maximum absolute atomic E-state index is 12.5. The molecule has 2 heterocycles. The highest BCUT2D eigenvalue weighted by Gasteiger charge is 2.18. The summed E-state index contributed by atoms with van der Waals surface area (Å²) in [5, 5.41) is 2.88. The summed E-state index contributed by atoms with van der Waals surface area (Å²) in [5.41, 5.74) is 3.25. The van der Waals surface area contributed by atoms with Gasteiger partial charge in [-0.2, -0.15) is 0 Å². The predicted octanol–water partition coefficient (Wildman–Crippen LogP) is 1.62. The van der Waals surface area contributed by atoms with Crippen LogP contribution >= 0.6 is 0 Å². The molecule has 2 amide bonds. The van der Waals surface area contributed by atoms with E-state index in [-0.39, 0.29) is 5.91 Å². The van der Waals surface area contributed by atoms with Crippen LogP contribution in [0.4, 0.5) is 11.5 Å². The molecule has 7 heteroatoms. The SMILES string of the molecule is Cc1cc(C)cc(NC(=O)c2cc(N3CCN(C=O)CC3)ncn2)c1. The van der Waals surface area contributed by atoms with Crippen molar-refractivity contribution in [3.05, 3.63) is 47.4 Å². The quantitative estimate of drug-likeness (QED) is 0.857. The molecule has 25 heavy (non-hydrogen) atoms. The zero-order valence-electron chi connectivity index (χ0n) is 14.4. The van der Waals surface area contributed by atoms with Crippen molar-refractivity contribution in [1.29, 1.82) is 0 Å². The summed E-state index contributed by atoms with van der Waals surface area (Å²) < 4.78 is 0. The van der Waals surface area contributed by atoms with E-state index in [2.05, 4.69) is 26.3 Å². The van der Waals surface area contributed by atoms with Gasteiger partial charge in [-0.05, 0) is 37.1 Å². The van der Waals surface area contributed by atoms with Gasteiger partial charge in [0, 0.05) is 37.9 Å². The molecule has 0 unspecified atom stereocenters.